The zero-order valence-electron chi connectivity index (χ0n) is 9.92. The standard InChI is InChI=1S/C11H16BrN3O2/c1-11(2)5-7(3-4-17-11)14-8-6-13-15-10(16)9(8)12/h6-7H,3-5H2,1-2H3,(H2,14,15,16). The zero-order chi connectivity index (χ0) is 12.5. The van der Waals surface area contributed by atoms with Crippen molar-refractivity contribution in [3.8, 4) is 0 Å². The van der Waals surface area contributed by atoms with Gasteiger partial charge in [0, 0.05) is 12.6 Å². The molecule has 94 valence electrons. The van der Waals surface area contributed by atoms with Crippen LogP contribution in [0.1, 0.15) is 26.7 Å². The summed E-state index contributed by atoms with van der Waals surface area (Å²) in [6.07, 6.45) is 3.46. The van der Waals surface area contributed by atoms with Crippen molar-refractivity contribution in [2.24, 2.45) is 0 Å². The van der Waals surface area contributed by atoms with Crippen LogP contribution >= 0.6 is 15.9 Å². The summed E-state index contributed by atoms with van der Waals surface area (Å²) in [5.41, 5.74) is 0.398. The number of hydrogen-bond donors (Lipinski definition) is 2. The molecular weight excluding hydrogens is 286 g/mol. The SMILES string of the molecule is CC1(C)CC(Nc2cn[nH]c(=O)c2Br)CCO1. The number of nitrogens with zero attached hydrogens (tertiary/aromatic N) is 1. The van der Waals surface area contributed by atoms with E-state index in [0.29, 0.717) is 10.5 Å². The van der Waals surface area contributed by atoms with Crippen molar-refractivity contribution in [3.05, 3.63) is 21.0 Å². The van der Waals surface area contributed by atoms with Gasteiger partial charge in [-0.15, -0.1) is 0 Å². The van der Waals surface area contributed by atoms with Crippen LogP contribution < -0.4 is 10.9 Å². The summed E-state index contributed by atoms with van der Waals surface area (Å²) in [4.78, 5) is 11.4. The van der Waals surface area contributed by atoms with E-state index in [1.54, 1.807) is 6.20 Å². The zero-order valence-corrected chi connectivity index (χ0v) is 11.5. The second-order valence-corrected chi connectivity index (χ2v) is 5.66. The molecule has 1 fully saturated rings. The monoisotopic (exact) mass is 301 g/mol. The van der Waals surface area contributed by atoms with Gasteiger partial charge in [0.05, 0.1) is 17.5 Å². The Morgan fingerprint density at radius 1 is 1.65 bits per heavy atom. The summed E-state index contributed by atoms with van der Waals surface area (Å²) in [6, 6.07) is 0.304. The van der Waals surface area contributed by atoms with Gasteiger partial charge in [0.1, 0.15) is 4.47 Å². The molecule has 1 aromatic rings. The maximum absolute atomic E-state index is 11.4. The molecule has 0 spiro atoms. The molecule has 6 heteroatoms. The van der Waals surface area contributed by atoms with Crippen molar-refractivity contribution in [1.29, 1.82) is 0 Å². The van der Waals surface area contributed by atoms with Gasteiger partial charge < -0.3 is 10.1 Å². The Kier molecular flexibility index (Phi) is 3.53. The first-order valence-electron chi connectivity index (χ1n) is 5.62. The van der Waals surface area contributed by atoms with Crippen LogP contribution in [0.25, 0.3) is 0 Å². The molecule has 1 aliphatic rings. The van der Waals surface area contributed by atoms with E-state index in [9.17, 15) is 4.79 Å². The van der Waals surface area contributed by atoms with E-state index in [4.69, 9.17) is 4.74 Å². The molecule has 0 saturated carbocycles. The van der Waals surface area contributed by atoms with E-state index in [1.165, 1.54) is 0 Å². The lowest BCUT2D eigenvalue weighted by Gasteiger charge is -2.36. The van der Waals surface area contributed by atoms with Crippen LogP contribution in [0.15, 0.2) is 15.5 Å². The minimum absolute atomic E-state index is 0.114. The van der Waals surface area contributed by atoms with E-state index in [2.05, 4.69) is 45.3 Å². The Labute approximate surface area is 108 Å². The molecule has 1 unspecified atom stereocenters. The largest absolute Gasteiger partial charge is 0.380 e. The van der Waals surface area contributed by atoms with E-state index in [1.807, 2.05) is 0 Å². The van der Waals surface area contributed by atoms with Crippen molar-refractivity contribution in [3.63, 3.8) is 0 Å². The summed E-state index contributed by atoms with van der Waals surface area (Å²) in [7, 11) is 0. The van der Waals surface area contributed by atoms with Crippen LogP contribution in [0.2, 0.25) is 0 Å². The summed E-state index contributed by atoms with van der Waals surface area (Å²) in [6.45, 7) is 4.89. The Morgan fingerprint density at radius 3 is 3.12 bits per heavy atom. The van der Waals surface area contributed by atoms with Gasteiger partial charge in [-0.25, -0.2) is 5.10 Å². The molecule has 0 bridgehead atoms. The lowest BCUT2D eigenvalue weighted by molar-refractivity contribution is -0.0553. The molecule has 2 rings (SSSR count). The molecule has 0 radical (unpaired) electrons. The lowest BCUT2D eigenvalue weighted by Crippen LogP contribution is -2.40. The fourth-order valence-electron chi connectivity index (χ4n) is 2.06. The highest BCUT2D eigenvalue weighted by atomic mass is 79.9. The summed E-state index contributed by atoms with van der Waals surface area (Å²) in [5, 5.41) is 9.50. The highest BCUT2D eigenvalue weighted by molar-refractivity contribution is 9.10. The second kappa shape index (κ2) is 4.78. The first kappa shape index (κ1) is 12.6. The number of nitrogens with one attached hydrogen (secondary N) is 2. The molecule has 1 aromatic heterocycles. The maximum atomic E-state index is 11.4. The molecule has 17 heavy (non-hydrogen) atoms. The lowest BCUT2D eigenvalue weighted by atomic mass is 9.94. The number of hydrogen-bond acceptors (Lipinski definition) is 4. The molecular formula is C11H16BrN3O2. The molecule has 1 atom stereocenters. The third-order valence-corrected chi connectivity index (χ3v) is 3.64. The normalized spacial score (nSPS) is 23.4. The van der Waals surface area contributed by atoms with Crippen LogP contribution in [-0.2, 0) is 4.74 Å². The van der Waals surface area contributed by atoms with Gasteiger partial charge in [-0.2, -0.15) is 5.10 Å². The van der Waals surface area contributed by atoms with Crippen LogP contribution in [-0.4, -0.2) is 28.4 Å². The summed E-state index contributed by atoms with van der Waals surface area (Å²) in [5.74, 6) is 0. The molecule has 5 nitrogen and oxygen atoms in total. The van der Waals surface area contributed by atoms with Gasteiger partial charge in [0.2, 0.25) is 0 Å². The average Bonchev–Trinajstić information content (AvgIpc) is 2.23. The van der Waals surface area contributed by atoms with Crippen molar-refractivity contribution < 1.29 is 4.74 Å². The third kappa shape index (κ3) is 3.07. The maximum Gasteiger partial charge on any atom is 0.280 e. The molecule has 1 aliphatic heterocycles. The number of rotatable bonds is 2. The Hall–Kier alpha value is -0.880. The highest BCUT2D eigenvalue weighted by Gasteiger charge is 2.29. The van der Waals surface area contributed by atoms with E-state index < -0.39 is 0 Å². The summed E-state index contributed by atoms with van der Waals surface area (Å²) >= 11 is 3.26. The molecule has 0 amide bonds. The molecule has 2 N–H and O–H groups in total. The molecule has 0 aromatic carbocycles. The van der Waals surface area contributed by atoms with E-state index in [0.717, 1.165) is 25.1 Å². The average molecular weight is 302 g/mol. The van der Waals surface area contributed by atoms with Gasteiger partial charge in [-0.3, -0.25) is 4.79 Å². The highest BCUT2D eigenvalue weighted by Crippen LogP contribution is 2.27. The van der Waals surface area contributed by atoms with Crippen molar-refractivity contribution in [2.45, 2.75) is 38.3 Å². The molecule has 1 saturated heterocycles. The van der Waals surface area contributed by atoms with Gasteiger partial charge in [-0.1, -0.05) is 0 Å². The predicted octanol–water partition coefficient (Wildman–Crippen LogP) is 1.90. The van der Waals surface area contributed by atoms with Gasteiger partial charge in [0.25, 0.3) is 5.56 Å². The molecule has 0 aliphatic carbocycles. The van der Waals surface area contributed by atoms with Crippen molar-refractivity contribution in [2.75, 3.05) is 11.9 Å². The number of halogens is 1. The van der Waals surface area contributed by atoms with Gasteiger partial charge >= 0.3 is 0 Å². The minimum Gasteiger partial charge on any atom is -0.380 e. The van der Waals surface area contributed by atoms with Gasteiger partial charge in [-0.05, 0) is 42.6 Å². The fraction of sp³-hybridized carbons (Fsp3) is 0.636. The minimum atomic E-state index is -0.221. The number of aromatic amines is 1. The number of anilines is 1. The fourth-order valence-corrected chi connectivity index (χ4v) is 2.36. The third-order valence-electron chi connectivity index (χ3n) is 2.85. The van der Waals surface area contributed by atoms with E-state index in [-0.39, 0.29) is 11.2 Å². The number of ether oxygens (including phenoxy) is 1. The van der Waals surface area contributed by atoms with Crippen LogP contribution in [0.5, 0.6) is 0 Å². The Morgan fingerprint density at radius 2 is 2.41 bits per heavy atom. The van der Waals surface area contributed by atoms with E-state index >= 15 is 0 Å². The number of aromatic nitrogens is 2. The first-order valence-corrected chi connectivity index (χ1v) is 6.41. The summed E-state index contributed by atoms with van der Waals surface area (Å²) < 4.78 is 6.15. The Balaban J connectivity index is 2.11. The van der Waals surface area contributed by atoms with Crippen LogP contribution in [0, 0.1) is 0 Å². The van der Waals surface area contributed by atoms with Gasteiger partial charge in [0.15, 0.2) is 0 Å². The smallest absolute Gasteiger partial charge is 0.280 e. The van der Waals surface area contributed by atoms with Crippen molar-refractivity contribution >= 4 is 21.6 Å². The quantitative estimate of drug-likeness (QED) is 0.875. The predicted molar refractivity (Wildman–Crippen MR) is 69.2 cm³/mol. The Bertz CT molecular complexity index is 458. The van der Waals surface area contributed by atoms with Crippen molar-refractivity contribution in [1.82, 2.24) is 10.2 Å². The topological polar surface area (TPSA) is 67.0 Å². The van der Waals surface area contributed by atoms with Crippen LogP contribution in [0.3, 0.4) is 0 Å². The van der Waals surface area contributed by atoms with Crippen LogP contribution in [0.4, 0.5) is 5.69 Å². The molecule has 2 heterocycles. The second-order valence-electron chi connectivity index (χ2n) is 4.87. The first-order chi connectivity index (χ1) is 7.98. The number of H-pyrrole nitrogens is 1.